The maximum Gasteiger partial charge on any atom is 0.312 e. The Morgan fingerprint density at radius 2 is 2.05 bits per heavy atom. The van der Waals surface area contributed by atoms with Gasteiger partial charge in [-0.3, -0.25) is 15.0 Å². The number of phenolic OH excluding ortho intramolecular Hbond substituents is 1. The molecule has 1 rings (SSSR count). The van der Waals surface area contributed by atoms with Gasteiger partial charge in [-0.15, -0.1) is 0 Å². The molecule has 0 unspecified atom stereocenters. The van der Waals surface area contributed by atoms with Crippen LogP contribution in [0, 0.1) is 10.1 Å². The fourth-order valence-electron chi connectivity index (χ4n) is 1.91. The second-order valence-corrected chi connectivity index (χ2v) is 5.61. The summed E-state index contributed by atoms with van der Waals surface area (Å²) in [5.74, 6) is -0.392. The van der Waals surface area contributed by atoms with Crippen LogP contribution in [0.3, 0.4) is 0 Å². The molecule has 1 aromatic rings. The first-order valence-corrected chi connectivity index (χ1v) is 6.04. The van der Waals surface area contributed by atoms with Crippen molar-refractivity contribution < 1.29 is 15.1 Å². The van der Waals surface area contributed by atoms with Gasteiger partial charge < -0.3 is 10.2 Å². The Labute approximate surface area is 116 Å². The number of rotatable bonds is 5. The lowest BCUT2D eigenvalue weighted by molar-refractivity contribution is -0.385. The highest BCUT2D eigenvalue weighted by molar-refractivity contribution is 6.31. The molecule has 0 heterocycles. The van der Waals surface area contributed by atoms with E-state index in [4.69, 9.17) is 11.6 Å². The van der Waals surface area contributed by atoms with Crippen LogP contribution in [0.2, 0.25) is 5.02 Å². The van der Waals surface area contributed by atoms with Gasteiger partial charge in [0, 0.05) is 29.7 Å². The molecule has 0 aliphatic carbocycles. The Kier molecular flexibility index (Phi) is 4.73. The third-order valence-corrected chi connectivity index (χ3v) is 2.65. The van der Waals surface area contributed by atoms with Gasteiger partial charge in [0.1, 0.15) is 0 Å². The molecule has 0 bridgehead atoms. The molecule has 106 valence electrons. The molecular formula is C12H17ClN2O4. The molecular weight excluding hydrogens is 272 g/mol. The van der Waals surface area contributed by atoms with Crippen LogP contribution in [0.25, 0.3) is 0 Å². The van der Waals surface area contributed by atoms with E-state index in [1.807, 2.05) is 0 Å². The monoisotopic (exact) mass is 288 g/mol. The summed E-state index contributed by atoms with van der Waals surface area (Å²) in [4.78, 5) is 11.8. The maximum atomic E-state index is 10.8. The van der Waals surface area contributed by atoms with Crippen molar-refractivity contribution in [3.8, 4) is 5.75 Å². The first-order valence-electron chi connectivity index (χ1n) is 5.67. The zero-order chi connectivity index (χ0) is 14.8. The standard InChI is InChI=1S/C12H17ClN2O4/c1-12(2,17)7-14(3)6-8-4-9(13)5-10(11(8)16)15(18)19/h4-5,16-17H,6-7H2,1-3H3. The van der Waals surface area contributed by atoms with E-state index in [0.717, 1.165) is 6.07 Å². The fraction of sp³-hybridized carbons (Fsp3) is 0.500. The Balaban J connectivity index is 2.98. The van der Waals surface area contributed by atoms with E-state index in [2.05, 4.69) is 0 Å². The minimum absolute atomic E-state index is 0.191. The van der Waals surface area contributed by atoms with Gasteiger partial charge >= 0.3 is 5.69 Å². The zero-order valence-electron chi connectivity index (χ0n) is 11.1. The van der Waals surface area contributed by atoms with Gasteiger partial charge in [0.25, 0.3) is 0 Å². The van der Waals surface area contributed by atoms with E-state index in [0.29, 0.717) is 12.1 Å². The topological polar surface area (TPSA) is 86.8 Å². The number of aliphatic hydroxyl groups is 1. The van der Waals surface area contributed by atoms with E-state index >= 15 is 0 Å². The molecule has 0 aromatic heterocycles. The molecule has 0 aliphatic rings. The molecule has 0 atom stereocenters. The molecule has 0 amide bonds. The Bertz CT molecular complexity index is 485. The summed E-state index contributed by atoms with van der Waals surface area (Å²) in [5.41, 5.74) is -0.959. The SMILES string of the molecule is CN(Cc1cc(Cl)cc([N+](=O)[O-])c1O)CC(C)(C)O. The number of phenols is 1. The number of halogens is 1. The molecule has 0 saturated carbocycles. The molecule has 0 aliphatic heterocycles. The highest BCUT2D eigenvalue weighted by Crippen LogP contribution is 2.33. The van der Waals surface area contributed by atoms with Crippen LogP contribution in [0.15, 0.2) is 12.1 Å². The summed E-state index contributed by atoms with van der Waals surface area (Å²) in [6.07, 6.45) is 0. The van der Waals surface area contributed by atoms with Gasteiger partial charge in [-0.25, -0.2) is 0 Å². The number of benzene rings is 1. The van der Waals surface area contributed by atoms with Crippen molar-refractivity contribution in [3.63, 3.8) is 0 Å². The zero-order valence-corrected chi connectivity index (χ0v) is 11.8. The lowest BCUT2D eigenvalue weighted by Gasteiger charge is -2.25. The molecule has 0 saturated heterocycles. The lowest BCUT2D eigenvalue weighted by atomic mass is 10.1. The van der Waals surface area contributed by atoms with Crippen molar-refractivity contribution in [1.29, 1.82) is 0 Å². The van der Waals surface area contributed by atoms with Crippen molar-refractivity contribution in [2.45, 2.75) is 26.0 Å². The quantitative estimate of drug-likeness (QED) is 0.640. The number of hydrogen-bond donors (Lipinski definition) is 2. The Hall–Kier alpha value is -1.37. The molecule has 2 N–H and O–H groups in total. The lowest BCUT2D eigenvalue weighted by Crippen LogP contribution is -2.35. The summed E-state index contributed by atoms with van der Waals surface area (Å²) in [6, 6.07) is 2.58. The summed E-state index contributed by atoms with van der Waals surface area (Å²) in [7, 11) is 1.74. The van der Waals surface area contributed by atoms with Crippen LogP contribution in [0.5, 0.6) is 5.75 Å². The third kappa shape index (κ3) is 4.66. The number of nitro groups is 1. The number of aromatic hydroxyl groups is 1. The van der Waals surface area contributed by atoms with Gasteiger partial charge in [-0.05, 0) is 27.0 Å². The summed E-state index contributed by atoms with van der Waals surface area (Å²) in [5, 5.41) is 30.5. The number of likely N-dealkylation sites (N-methyl/N-ethyl adjacent to an activating group) is 1. The molecule has 0 fully saturated rings. The highest BCUT2D eigenvalue weighted by Gasteiger charge is 2.21. The van der Waals surface area contributed by atoms with E-state index in [9.17, 15) is 20.3 Å². The summed E-state index contributed by atoms with van der Waals surface area (Å²) >= 11 is 5.80. The Morgan fingerprint density at radius 1 is 1.47 bits per heavy atom. The van der Waals surface area contributed by atoms with E-state index in [-0.39, 0.29) is 11.6 Å². The second-order valence-electron chi connectivity index (χ2n) is 5.17. The molecule has 1 aromatic carbocycles. The molecule has 0 radical (unpaired) electrons. The van der Waals surface area contributed by atoms with Gasteiger partial charge in [0.2, 0.25) is 0 Å². The number of nitrogens with zero attached hydrogens (tertiary/aromatic N) is 2. The average Bonchev–Trinajstić information content (AvgIpc) is 2.19. The molecule has 19 heavy (non-hydrogen) atoms. The summed E-state index contributed by atoms with van der Waals surface area (Å²) in [6.45, 7) is 3.91. The second kappa shape index (κ2) is 5.73. The van der Waals surface area contributed by atoms with Gasteiger partial charge in [-0.1, -0.05) is 11.6 Å². The van der Waals surface area contributed by atoms with Crippen LogP contribution in [0.4, 0.5) is 5.69 Å². The van der Waals surface area contributed by atoms with Crippen LogP contribution in [-0.4, -0.2) is 39.2 Å². The van der Waals surface area contributed by atoms with Crippen LogP contribution >= 0.6 is 11.6 Å². The average molecular weight is 289 g/mol. The van der Waals surface area contributed by atoms with Gasteiger partial charge in [0.05, 0.1) is 10.5 Å². The predicted octanol–water partition coefficient (Wildman–Crippen LogP) is 2.16. The van der Waals surface area contributed by atoms with E-state index in [1.165, 1.54) is 6.07 Å². The molecule has 7 heteroatoms. The van der Waals surface area contributed by atoms with Gasteiger partial charge in [-0.2, -0.15) is 0 Å². The predicted molar refractivity (Wildman–Crippen MR) is 72.4 cm³/mol. The third-order valence-electron chi connectivity index (χ3n) is 2.43. The first-order chi connectivity index (χ1) is 8.60. The number of hydrogen-bond acceptors (Lipinski definition) is 5. The first kappa shape index (κ1) is 15.7. The van der Waals surface area contributed by atoms with Crippen LogP contribution in [0.1, 0.15) is 19.4 Å². The van der Waals surface area contributed by atoms with Crippen molar-refractivity contribution in [3.05, 3.63) is 32.8 Å². The minimum Gasteiger partial charge on any atom is -0.502 e. The van der Waals surface area contributed by atoms with Crippen LogP contribution < -0.4 is 0 Å². The van der Waals surface area contributed by atoms with Gasteiger partial charge in [0.15, 0.2) is 5.75 Å². The smallest absolute Gasteiger partial charge is 0.312 e. The molecule has 0 spiro atoms. The van der Waals surface area contributed by atoms with Crippen LogP contribution in [-0.2, 0) is 6.54 Å². The maximum absolute atomic E-state index is 10.8. The van der Waals surface area contributed by atoms with E-state index in [1.54, 1.807) is 25.8 Å². The van der Waals surface area contributed by atoms with Crippen molar-refractivity contribution in [2.75, 3.05) is 13.6 Å². The van der Waals surface area contributed by atoms with Crippen molar-refractivity contribution in [1.82, 2.24) is 4.90 Å². The largest absolute Gasteiger partial charge is 0.502 e. The highest BCUT2D eigenvalue weighted by atomic mass is 35.5. The van der Waals surface area contributed by atoms with E-state index < -0.39 is 22.0 Å². The normalized spacial score (nSPS) is 11.9. The van der Waals surface area contributed by atoms with Crippen molar-refractivity contribution >= 4 is 17.3 Å². The van der Waals surface area contributed by atoms with Crippen molar-refractivity contribution in [2.24, 2.45) is 0 Å². The summed E-state index contributed by atoms with van der Waals surface area (Å²) < 4.78 is 0. The Morgan fingerprint density at radius 3 is 2.53 bits per heavy atom. The molecule has 6 nitrogen and oxygen atoms in total. The number of nitro benzene ring substituents is 1. The fourth-order valence-corrected chi connectivity index (χ4v) is 2.14. The minimum atomic E-state index is -0.894.